The van der Waals surface area contributed by atoms with Gasteiger partial charge in [0.15, 0.2) is 17.1 Å². The van der Waals surface area contributed by atoms with Gasteiger partial charge in [0.1, 0.15) is 5.75 Å². The molecule has 0 bridgehead atoms. The number of unbranched alkanes of at least 4 members (excludes halogenated alkanes) is 1. The molecule has 0 N–H and O–H groups in total. The Morgan fingerprint density at radius 1 is 1.22 bits per heavy atom. The van der Waals surface area contributed by atoms with Gasteiger partial charge in [-0.3, -0.25) is 4.79 Å². The van der Waals surface area contributed by atoms with Gasteiger partial charge in [-0.05, 0) is 42.3 Å². The number of ketones is 1. The van der Waals surface area contributed by atoms with E-state index in [1.807, 2.05) is 36.4 Å². The molecule has 0 unspecified atom stereocenters. The van der Waals surface area contributed by atoms with Crippen molar-refractivity contribution < 1.29 is 18.7 Å². The van der Waals surface area contributed by atoms with Gasteiger partial charge in [0.05, 0.1) is 19.8 Å². The van der Waals surface area contributed by atoms with Gasteiger partial charge in [0, 0.05) is 11.8 Å². The van der Waals surface area contributed by atoms with Gasteiger partial charge < -0.3 is 13.9 Å². The van der Waals surface area contributed by atoms with E-state index in [0.717, 1.165) is 10.9 Å². The highest BCUT2D eigenvalue weighted by atomic mass is 16.5. The molecule has 0 fully saturated rings. The zero-order valence-electron chi connectivity index (χ0n) is 15.0. The largest absolute Gasteiger partial charge is 0.494 e. The van der Waals surface area contributed by atoms with E-state index in [4.69, 9.17) is 19.2 Å². The van der Waals surface area contributed by atoms with Crippen LogP contribution in [0.3, 0.4) is 0 Å². The highest BCUT2D eigenvalue weighted by molar-refractivity contribution is 6.07. The highest BCUT2D eigenvalue weighted by Gasteiger charge is 2.12. The minimum Gasteiger partial charge on any atom is -0.494 e. The fourth-order valence-electron chi connectivity index (χ4n) is 2.62. The van der Waals surface area contributed by atoms with E-state index in [9.17, 15) is 4.79 Å². The van der Waals surface area contributed by atoms with Crippen molar-refractivity contribution in [2.75, 3.05) is 13.7 Å². The molecule has 5 nitrogen and oxygen atoms in total. The molecular formula is C22H19NO4. The summed E-state index contributed by atoms with van der Waals surface area (Å²) in [6, 6.07) is 16.7. The number of benzene rings is 2. The molecule has 1 heterocycles. The molecule has 136 valence electrons. The standard InChI is InChI=1S/C22H19NO4/c1-25-20-9-5-7-17-15-21(27-22(17)20)19(24)11-10-16-6-4-8-18(14-16)26-13-3-2-12-23/h4-11,14-15H,2-3,13H2,1H3/b11-10+. The Kier molecular flexibility index (Phi) is 5.91. The van der Waals surface area contributed by atoms with Crippen LogP contribution < -0.4 is 9.47 Å². The van der Waals surface area contributed by atoms with Crippen LogP contribution in [0.2, 0.25) is 0 Å². The summed E-state index contributed by atoms with van der Waals surface area (Å²) in [5.41, 5.74) is 1.40. The first kappa shape index (κ1) is 18.3. The van der Waals surface area contributed by atoms with Crippen molar-refractivity contribution in [3.8, 4) is 17.6 Å². The predicted molar refractivity (Wildman–Crippen MR) is 103 cm³/mol. The summed E-state index contributed by atoms with van der Waals surface area (Å²) in [7, 11) is 1.56. The number of carbonyl (C=O) groups excluding carboxylic acids is 1. The number of fused-ring (bicyclic) bond motifs is 1. The molecule has 1 aromatic heterocycles. The minimum absolute atomic E-state index is 0.228. The lowest BCUT2D eigenvalue weighted by atomic mass is 10.1. The third kappa shape index (κ3) is 4.56. The van der Waals surface area contributed by atoms with Gasteiger partial charge in [-0.15, -0.1) is 0 Å². The van der Waals surface area contributed by atoms with Gasteiger partial charge in [0.25, 0.3) is 0 Å². The maximum absolute atomic E-state index is 12.4. The molecule has 3 aromatic rings. The Balaban J connectivity index is 1.70. The summed E-state index contributed by atoms with van der Waals surface area (Å²) in [5, 5.41) is 9.36. The van der Waals surface area contributed by atoms with Gasteiger partial charge in [-0.1, -0.05) is 30.3 Å². The number of hydrogen-bond donors (Lipinski definition) is 0. The molecule has 0 aliphatic rings. The van der Waals surface area contributed by atoms with Crippen molar-refractivity contribution in [1.82, 2.24) is 0 Å². The van der Waals surface area contributed by atoms with E-state index in [1.54, 1.807) is 25.3 Å². The third-order valence-corrected chi connectivity index (χ3v) is 3.96. The first-order valence-electron chi connectivity index (χ1n) is 8.60. The molecule has 3 rings (SSSR count). The van der Waals surface area contributed by atoms with Gasteiger partial charge in [-0.2, -0.15) is 5.26 Å². The second-order valence-electron chi connectivity index (χ2n) is 5.87. The van der Waals surface area contributed by atoms with Gasteiger partial charge in [0.2, 0.25) is 5.78 Å². The van der Waals surface area contributed by atoms with Crippen molar-refractivity contribution in [3.05, 3.63) is 65.9 Å². The summed E-state index contributed by atoms with van der Waals surface area (Å²) in [4.78, 5) is 12.4. The Hall–Kier alpha value is -3.52. The Morgan fingerprint density at radius 3 is 2.89 bits per heavy atom. The number of carbonyl (C=O) groups is 1. The minimum atomic E-state index is -0.228. The Labute approximate surface area is 157 Å². The summed E-state index contributed by atoms with van der Waals surface area (Å²) in [6.07, 6.45) is 4.34. The highest BCUT2D eigenvalue weighted by Crippen LogP contribution is 2.28. The van der Waals surface area contributed by atoms with Crippen molar-refractivity contribution >= 4 is 22.8 Å². The topological polar surface area (TPSA) is 72.5 Å². The first-order chi connectivity index (χ1) is 13.2. The number of furan rings is 1. The molecule has 0 saturated carbocycles. The van der Waals surface area contributed by atoms with Crippen molar-refractivity contribution in [2.45, 2.75) is 12.8 Å². The molecule has 0 radical (unpaired) electrons. The quantitative estimate of drug-likeness (QED) is 0.320. The van der Waals surface area contributed by atoms with Gasteiger partial charge in [-0.25, -0.2) is 0 Å². The number of nitriles is 1. The number of para-hydroxylation sites is 1. The Morgan fingerprint density at radius 2 is 2.07 bits per heavy atom. The molecule has 0 spiro atoms. The fourth-order valence-corrected chi connectivity index (χ4v) is 2.62. The van der Waals surface area contributed by atoms with E-state index in [0.29, 0.717) is 36.5 Å². The molecular weight excluding hydrogens is 342 g/mol. The van der Waals surface area contributed by atoms with E-state index < -0.39 is 0 Å². The molecule has 0 aliphatic heterocycles. The number of nitrogens with zero attached hydrogens (tertiary/aromatic N) is 1. The fraction of sp³-hybridized carbons (Fsp3) is 0.182. The zero-order valence-corrected chi connectivity index (χ0v) is 15.0. The number of methoxy groups -OCH3 is 1. The van der Waals surface area contributed by atoms with Crippen molar-refractivity contribution in [3.63, 3.8) is 0 Å². The number of allylic oxidation sites excluding steroid dienone is 1. The maximum Gasteiger partial charge on any atom is 0.221 e. The molecule has 0 amide bonds. The van der Waals surface area contributed by atoms with Crippen LogP contribution in [-0.2, 0) is 0 Å². The third-order valence-electron chi connectivity index (χ3n) is 3.96. The van der Waals surface area contributed by atoms with Crippen LogP contribution in [0.15, 0.2) is 59.0 Å². The average Bonchev–Trinajstić information content (AvgIpc) is 3.14. The molecule has 0 aliphatic carbocycles. The predicted octanol–water partition coefficient (Wildman–Crippen LogP) is 5.02. The first-order valence-corrected chi connectivity index (χ1v) is 8.60. The summed E-state index contributed by atoms with van der Waals surface area (Å²) >= 11 is 0. The average molecular weight is 361 g/mol. The second-order valence-corrected chi connectivity index (χ2v) is 5.87. The maximum atomic E-state index is 12.4. The summed E-state index contributed by atoms with van der Waals surface area (Å²) in [6.45, 7) is 0.487. The zero-order chi connectivity index (χ0) is 19.1. The molecule has 27 heavy (non-hydrogen) atoms. The molecule has 0 atom stereocenters. The van der Waals surface area contributed by atoms with Crippen LogP contribution in [0.25, 0.3) is 17.0 Å². The molecule has 0 saturated heterocycles. The smallest absolute Gasteiger partial charge is 0.221 e. The van der Waals surface area contributed by atoms with E-state index >= 15 is 0 Å². The summed E-state index contributed by atoms with van der Waals surface area (Å²) < 4.78 is 16.5. The van der Waals surface area contributed by atoms with Crippen LogP contribution in [-0.4, -0.2) is 19.5 Å². The SMILES string of the molecule is COc1cccc2cc(C(=O)/C=C/c3cccc(OCCCC#N)c3)oc12. The van der Waals surface area contributed by atoms with Crippen LogP contribution in [0.4, 0.5) is 0 Å². The number of rotatable bonds is 8. The van der Waals surface area contributed by atoms with E-state index in [2.05, 4.69) is 6.07 Å². The van der Waals surface area contributed by atoms with E-state index in [-0.39, 0.29) is 11.5 Å². The second kappa shape index (κ2) is 8.72. The lowest BCUT2D eigenvalue weighted by molar-refractivity contribution is 0.102. The Bertz CT molecular complexity index is 1010. The molecule has 5 heteroatoms. The van der Waals surface area contributed by atoms with Crippen LogP contribution in [0.5, 0.6) is 11.5 Å². The van der Waals surface area contributed by atoms with Crippen molar-refractivity contribution in [1.29, 1.82) is 5.26 Å². The number of ether oxygens (including phenoxy) is 2. The van der Waals surface area contributed by atoms with Crippen LogP contribution >= 0.6 is 0 Å². The molecule has 2 aromatic carbocycles. The normalized spacial score (nSPS) is 10.8. The lowest BCUT2D eigenvalue weighted by Crippen LogP contribution is -1.96. The van der Waals surface area contributed by atoms with E-state index in [1.165, 1.54) is 6.08 Å². The monoisotopic (exact) mass is 361 g/mol. The summed E-state index contributed by atoms with van der Waals surface area (Å²) in [5.74, 6) is 1.33. The van der Waals surface area contributed by atoms with Crippen LogP contribution in [0.1, 0.15) is 29.0 Å². The number of hydrogen-bond acceptors (Lipinski definition) is 5. The van der Waals surface area contributed by atoms with Gasteiger partial charge >= 0.3 is 0 Å². The van der Waals surface area contributed by atoms with Crippen LogP contribution in [0, 0.1) is 11.3 Å². The van der Waals surface area contributed by atoms with Crippen molar-refractivity contribution in [2.24, 2.45) is 0 Å². The lowest BCUT2D eigenvalue weighted by Gasteiger charge is -2.05.